The summed E-state index contributed by atoms with van der Waals surface area (Å²) in [7, 11) is 4.10. The first kappa shape index (κ1) is 25.8. The highest BCUT2D eigenvalue weighted by molar-refractivity contribution is 7.82. The third-order valence-electron chi connectivity index (χ3n) is 4.80. The third kappa shape index (κ3) is 6.83. The Labute approximate surface area is 206 Å². The van der Waals surface area contributed by atoms with E-state index in [1.54, 1.807) is 42.4 Å². The maximum absolute atomic E-state index is 12.6. The average Bonchev–Trinajstić information content (AvgIpc) is 3.26. The van der Waals surface area contributed by atoms with Crippen LogP contribution in [0, 0.1) is 0 Å². The number of benzene rings is 1. The van der Waals surface area contributed by atoms with E-state index in [0.717, 1.165) is 17.8 Å². The van der Waals surface area contributed by atoms with Crippen molar-refractivity contribution < 1.29 is 13.7 Å². The van der Waals surface area contributed by atoms with Crippen LogP contribution >= 0.6 is 11.3 Å². The van der Waals surface area contributed by atoms with Gasteiger partial charge in [-0.05, 0) is 58.3 Å². The van der Waals surface area contributed by atoms with Crippen LogP contribution < -0.4 is 15.2 Å². The van der Waals surface area contributed by atoms with E-state index < -0.39 is 11.0 Å². The van der Waals surface area contributed by atoms with E-state index in [4.69, 9.17) is 9.88 Å². The molecule has 0 aliphatic carbocycles. The van der Waals surface area contributed by atoms with Crippen molar-refractivity contribution in [3.05, 3.63) is 47.6 Å². The Morgan fingerprint density at radius 2 is 1.97 bits per heavy atom. The molecule has 1 atom stereocenters. The number of nitrogens with zero attached hydrogens (tertiary/aromatic N) is 4. The zero-order valence-corrected chi connectivity index (χ0v) is 21.6. The highest BCUT2D eigenvalue weighted by Gasteiger charge is 2.15. The summed E-state index contributed by atoms with van der Waals surface area (Å²) in [6.07, 6.45) is 1.62. The molecular formula is C23H30N6O3S2. The minimum Gasteiger partial charge on any atom is -0.489 e. The SMILES string of the molecule is CC(C)Oc1ccc(S(N)=O)cc1Nc1nc(-c2ccc(C(=O)N(C)CCN(C)C)nc2)cs1. The van der Waals surface area contributed by atoms with Crippen molar-refractivity contribution in [2.45, 2.75) is 24.8 Å². The van der Waals surface area contributed by atoms with E-state index in [9.17, 15) is 9.00 Å². The average molecular weight is 503 g/mol. The smallest absolute Gasteiger partial charge is 0.272 e. The number of carbonyl (C=O) groups is 1. The zero-order valence-electron chi connectivity index (χ0n) is 19.9. The van der Waals surface area contributed by atoms with Crippen molar-refractivity contribution in [2.24, 2.45) is 5.14 Å². The number of amides is 1. The molecule has 1 unspecified atom stereocenters. The van der Waals surface area contributed by atoms with E-state index in [2.05, 4.69) is 15.3 Å². The number of ether oxygens (including phenoxy) is 1. The van der Waals surface area contributed by atoms with Crippen molar-refractivity contribution in [3.63, 3.8) is 0 Å². The Bertz CT molecular complexity index is 1150. The molecule has 0 radical (unpaired) electrons. The number of hydrogen-bond acceptors (Lipinski definition) is 8. The fourth-order valence-corrected chi connectivity index (χ4v) is 4.15. The van der Waals surface area contributed by atoms with Gasteiger partial charge in [0.1, 0.15) is 22.4 Å². The van der Waals surface area contributed by atoms with E-state index >= 15 is 0 Å². The van der Waals surface area contributed by atoms with Gasteiger partial charge < -0.3 is 19.9 Å². The van der Waals surface area contributed by atoms with Gasteiger partial charge in [-0.1, -0.05) is 0 Å². The van der Waals surface area contributed by atoms with Gasteiger partial charge in [0, 0.05) is 37.3 Å². The number of carbonyl (C=O) groups excluding carboxylic acids is 1. The fraction of sp³-hybridized carbons (Fsp3) is 0.348. The van der Waals surface area contributed by atoms with Gasteiger partial charge in [-0.25, -0.2) is 14.3 Å². The molecular weight excluding hydrogens is 472 g/mol. The van der Waals surface area contributed by atoms with Crippen molar-refractivity contribution in [3.8, 4) is 17.0 Å². The summed E-state index contributed by atoms with van der Waals surface area (Å²) in [6.45, 7) is 5.27. The maximum atomic E-state index is 12.6. The van der Waals surface area contributed by atoms with Crippen molar-refractivity contribution in [2.75, 3.05) is 39.5 Å². The Hall–Kier alpha value is -2.86. The van der Waals surface area contributed by atoms with Gasteiger partial charge >= 0.3 is 0 Å². The standard InChI is InChI=1S/C23H30N6O3S2/c1-15(2)32-21-9-7-17(34(24)31)12-19(21)26-23-27-20(14-33-23)16-6-8-18(25-13-16)22(30)29(5)11-10-28(3)4/h6-9,12-15H,10-11,24H2,1-5H3,(H,26,27). The first-order valence-electron chi connectivity index (χ1n) is 10.7. The molecule has 1 amide bonds. The van der Waals surface area contributed by atoms with Gasteiger partial charge in [-0.2, -0.15) is 0 Å². The number of nitrogens with one attached hydrogen (secondary N) is 1. The Morgan fingerprint density at radius 1 is 1.21 bits per heavy atom. The quantitative estimate of drug-likeness (QED) is 0.437. The van der Waals surface area contributed by atoms with E-state index in [1.807, 2.05) is 44.3 Å². The van der Waals surface area contributed by atoms with Crippen molar-refractivity contribution in [1.82, 2.24) is 19.8 Å². The number of likely N-dealkylation sites (N-methyl/N-ethyl adjacent to an activating group) is 2. The molecule has 0 spiro atoms. The van der Waals surface area contributed by atoms with Crippen LogP contribution in [0.2, 0.25) is 0 Å². The van der Waals surface area contributed by atoms with Crippen LogP contribution in [-0.2, 0) is 11.0 Å². The predicted octanol–water partition coefficient (Wildman–Crippen LogP) is 3.35. The molecule has 2 heterocycles. The van der Waals surface area contributed by atoms with E-state index in [0.29, 0.717) is 33.7 Å². The molecule has 1 aromatic carbocycles. The number of rotatable bonds is 10. The molecule has 11 heteroatoms. The third-order valence-corrected chi connectivity index (χ3v) is 6.28. The lowest BCUT2D eigenvalue weighted by molar-refractivity contribution is 0.0780. The largest absolute Gasteiger partial charge is 0.489 e. The monoisotopic (exact) mass is 502 g/mol. The number of thiazole rings is 1. The summed E-state index contributed by atoms with van der Waals surface area (Å²) in [4.78, 5) is 25.7. The fourth-order valence-electron chi connectivity index (χ4n) is 2.99. The summed E-state index contributed by atoms with van der Waals surface area (Å²) < 4.78 is 17.6. The molecule has 9 nitrogen and oxygen atoms in total. The zero-order chi connectivity index (χ0) is 24.8. The molecule has 182 valence electrons. The van der Waals surface area contributed by atoms with E-state index in [1.165, 1.54) is 11.3 Å². The summed E-state index contributed by atoms with van der Waals surface area (Å²) >= 11 is 1.41. The number of hydrogen-bond donors (Lipinski definition) is 2. The minimum absolute atomic E-state index is 0.0316. The van der Waals surface area contributed by atoms with Gasteiger partial charge in [-0.15, -0.1) is 11.3 Å². The topological polar surface area (TPSA) is 114 Å². The number of aromatic nitrogens is 2. The van der Waals surface area contributed by atoms with Gasteiger partial charge in [0.25, 0.3) is 5.91 Å². The first-order chi connectivity index (χ1) is 16.1. The molecule has 0 aliphatic heterocycles. The van der Waals surface area contributed by atoms with Gasteiger partial charge in [0.05, 0.1) is 22.4 Å². The summed E-state index contributed by atoms with van der Waals surface area (Å²) in [6, 6.07) is 8.67. The highest BCUT2D eigenvalue weighted by Crippen LogP contribution is 2.33. The molecule has 0 saturated carbocycles. The number of anilines is 2. The second-order valence-electron chi connectivity index (χ2n) is 8.25. The van der Waals surface area contributed by atoms with Crippen molar-refractivity contribution in [1.29, 1.82) is 0 Å². The Kier molecular flexibility index (Phi) is 8.72. The van der Waals surface area contributed by atoms with Gasteiger partial charge in [0.15, 0.2) is 5.13 Å². The van der Waals surface area contributed by atoms with E-state index in [-0.39, 0.29) is 12.0 Å². The highest BCUT2D eigenvalue weighted by atomic mass is 32.2. The molecule has 0 fully saturated rings. The van der Waals surface area contributed by atoms with Crippen LogP contribution in [0.1, 0.15) is 24.3 Å². The number of nitrogens with two attached hydrogens (primary N) is 1. The van der Waals surface area contributed by atoms with Gasteiger partial charge in [-0.3, -0.25) is 9.78 Å². The summed E-state index contributed by atoms with van der Waals surface area (Å²) in [5.41, 5.74) is 2.54. The molecule has 0 saturated heterocycles. The van der Waals surface area contributed by atoms with Crippen LogP contribution in [0.3, 0.4) is 0 Å². The summed E-state index contributed by atoms with van der Waals surface area (Å²) in [5, 5.41) is 11.3. The number of pyridine rings is 1. The minimum atomic E-state index is -1.61. The van der Waals surface area contributed by atoms with Crippen LogP contribution in [0.25, 0.3) is 11.3 Å². The molecule has 0 bridgehead atoms. The molecule has 0 aliphatic rings. The molecule has 3 N–H and O–H groups in total. The van der Waals surface area contributed by atoms with Crippen LogP contribution in [0.15, 0.2) is 46.8 Å². The maximum Gasteiger partial charge on any atom is 0.272 e. The predicted molar refractivity (Wildman–Crippen MR) is 137 cm³/mol. The Morgan fingerprint density at radius 3 is 2.59 bits per heavy atom. The van der Waals surface area contributed by atoms with Crippen molar-refractivity contribution >= 4 is 39.0 Å². The summed E-state index contributed by atoms with van der Waals surface area (Å²) in [5.74, 6) is 0.493. The molecule has 2 aromatic heterocycles. The first-order valence-corrected chi connectivity index (χ1v) is 12.8. The van der Waals surface area contributed by atoms with Gasteiger partial charge in [0.2, 0.25) is 0 Å². The van der Waals surface area contributed by atoms with Crippen LogP contribution in [-0.4, -0.2) is 70.2 Å². The van der Waals surface area contributed by atoms with Crippen LogP contribution in [0.5, 0.6) is 5.75 Å². The molecule has 3 aromatic rings. The molecule has 3 rings (SSSR count). The second kappa shape index (κ2) is 11.5. The second-order valence-corrected chi connectivity index (χ2v) is 10.2. The lowest BCUT2D eigenvalue weighted by Gasteiger charge is -2.19. The van der Waals surface area contributed by atoms with Crippen LogP contribution in [0.4, 0.5) is 10.8 Å². The normalized spacial score (nSPS) is 12.1. The lowest BCUT2D eigenvalue weighted by Crippen LogP contribution is -2.33. The molecule has 34 heavy (non-hydrogen) atoms. The lowest BCUT2D eigenvalue weighted by atomic mass is 10.2. The Balaban J connectivity index is 1.75.